The molecule has 4 rings (SSSR count). The molecule has 0 radical (unpaired) electrons. The molecule has 1 unspecified atom stereocenters. The van der Waals surface area contributed by atoms with Crippen LogP contribution >= 0.6 is 0 Å². The summed E-state index contributed by atoms with van der Waals surface area (Å²) in [4.78, 5) is 30.8. The lowest BCUT2D eigenvalue weighted by Gasteiger charge is -2.36. The summed E-state index contributed by atoms with van der Waals surface area (Å²) in [7, 11) is 1.92. The summed E-state index contributed by atoms with van der Waals surface area (Å²) >= 11 is 0. The summed E-state index contributed by atoms with van der Waals surface area (Å²) in [6.45, 7) is 1.98. The molecule has 1 aromatic carbocycles. The average Bonchev–Trinajstić information content (AvgIpc) is 3.06. The smallest absolute Gasteiger partial charge is 0.262 e. The van der Waals surface area contributed by atoms with Crippen molar-refractivity contribution < 1.29 is 14.3 Å². The molecule has 1 saturated heterocycles. The summed E-state index contributed by atoms with van der Waals surface area (Å²) in [5.41, 5.74) is 1.05. The Hall–Kier alpha value is -2.87. The molecule has 1 fully saturated rings. The number of ether oxygens (including phenoxy) is 1. The van der Waals surface area contributed by atoms with Crippen LogP contribution in [0.5, 0.6) is 5.75 Å². The molecule has 1 atom stereocenters. The van der Waals surface area contributed by atoms with Crippen molar-refractivity contribution in [3.05, 3.63) is 42.0 Å². The van der Waals surface area contributed by atoms with E-state index >= 15 is 0 Å². The summed E-state index contributed by atoms with van der Waals surface area (Å²) in [5, 5.41) is 6.06. The summed E-state index contributed by atoms with van der Waals surface area (Å²) in [6.07, 6.45) is 3.61. The first kappa shape index (κ1) is 15.6. The Bertz CT molecular complexity index is 831. The Morgan fingerprint density at radius 2 is 2.28 bits per heavy atom. The van der Waals surface area contributed by atoms with Gasteiger partial charge in [-0.2, -0.15) is 0 Å². The molecule has 2 amide bonds. The van der Waals surface area contributed by atoms with E-state index in [1.807, 2.05) is 22.7 Å². The lowest BCUT2D eigenvalue weighted by molar-refractivity contribution is -0.118. The first-order valence-electron chi connectivity index (χ1n) is 8.19. The number of carbonyl (C=O) groups excluding carboxylic acids is 2. The second-order valence-electron chi connectivity index (χ2n) is 6.16. The molecule has 1 aromatic heterocycles. The van der Waals surface area contributed by atoms with E-state index in [-0.39, 0.29) is 24.5 Å². The van der Waals surface area contributed by atoms with Crippen LogP contribution in [-0.2, 0) is 11.8 Å². The quantitative estimate of drug-likeness (QED) is 0.832. The van der Waals surface area contributed by atoms with Gasteiger partial charge in [-0.25, -0.2) is 4.98 Å². The molecule has 2 aliphatic heterocycles. The maximum absolute atomic E-state index is 13.1. The number of rotatable bonds is 2. The molecule has 2 aliphatic rings. The number of amides is 2. The van der Waals surface area contributed by atoms with Crippen LogP contribution in [0.3, 0.4) is 0 Å². The topological polar surface area (TPSA) is 88.5 Å². The van der Waals surface area contributed by atoms with Crippen LogP contribution < -0.4 is 15.4 Å². The Labute approximate surface area is 144 Å². The molecule has 8 heteroatoms. The maximum atomic E-state index is 13.1. The largest absolute Gasteiger partial charge is 0.482 e. The van der Waals surface area contributed by atoms with Crippen LogP contribution in [0.2, 0.25) is 0 Å². The number of nitrogens with one attached hydrogen (secondary N) is 2. The Morgan fingerprint density at radius 3 is 3.08 bits per heavy atom. The highest BCUT2D eigenvalue weighted by Gasteiger charge is 2.31. The molecule has 2 N–H and O–H groups in total. The number of hydrogen-bond acceptors (Lipinski definition) is 5. The van der Waals surface area contributed by atoms with Crippen molar-refractivity contribution in [2.75, 3.05) is 31.6 Å². The summed E-state index contributed by atoms with van der Waals surface area (Å²) in [6, 6.07) is 4.99. The molecule has 0 aliphatic carbocycles. The fraction of sp³-hybridized carbons (Fsp3) is 0.353. The number of hydrogen-bond donors (Lipinski definition) is 2. The first-order chi connectivity index (χ1) is 12.1. The average molecular weight is 341 g/mol. The lowest BCUT2D eigenvalue weighted by atomic mass is 10.1. The molecular weight excluding hydrogens is 322 g/mol. The number of anilines is 1. The molecule has 130 valence electrons. The normalized spacial score (nSPS) is 19.8. The SMILES string of the molecule is Cn1ccnc1C1CNCCN1C(=O)c1ccc2c(c1)NC(=O)CO2. The number of nitrogens with zero attached hydrogens (tertiary/aromatic N) is 3. The van der Waals surface area contributed by atoms with Gasteiger partial charge in [0.25, 0.3) is 11.8 Å². The third-order valence-electron chi connectivity index (χ3n) is 4.52. The highest BCUT2D eigenvalue weighted by atomic mass is 16.5. The van der Waals surface area contributed by atoms with Gasteiger partial charge in [0.05, 0.1) is 5.69 Å². The Kier molecular flexibility index (Phi) is 3.89. The maximum Gasteiger partial charge on any atom is 0.262 e. The molecule has 0 spiro atoms. The predicted octanol–water partition coefficient (Wildman–Crippen LogP) is 0.538. The van der Waals surface area contributed by atoms with Crippen LogP contribution in [0.4, 0.5) is 5.69 Å². The number of fused-ring (bicyclic) bond motifs is 1. The molecule has 0 saturated carbocycles. The van der Waals surface area contributed by atoms with Gasteiger partial charge < -0.3 is 24.8 Å². The van der Waals surface area contributed by atoms with E-state index in [4.69, 9.17) is 4.74 Å². The van der Waals surface area contributed by atoms with Gasteiger partial charge in [0.15, 0.2) is 6.61 Å². The molecule has 25 heavy (non-hydrogen) atoms. The van der Waals surface area contributed by atoms with Crippen molar-refractivity contribution in [1.29, 1.82) is 0 Å². The molecule has 8 nitrogen and oxygen atoms in total. The number of aromatic nitrogens is 2. The van der Waals surface area contributed by atoms with Crippen LogP contribution in [0.15, 0.2) is 30.6 Å². The van der Waals surface area contributed by atoms with Gasteiger partial charge in [-0.1, -0.05) is 0 Å². The minimum Gasteiger partial charge on any atom is -0.482 e. The van der Waals surface area contributed by atoms with Crippen molar-refractivity contribution in [3.63, 3.8) is 0 Å². The van der Waals surface area contributed by atoms with Crippen LogP contribution in [0, 0.1) is 0 Å². The summed E-state index contributed by atoms with van der Waals surface area (Å²) in [5.74, 6) is 1.12. The van der Waals surface area contributed by atoms with Crippen molar-refractivity contribution in [1.82, 2.24) is 19.8 Å². The molecular formula is C17H19N5O3. The summed E-state index contributed by atoms with van der Waals surface area (Å²) < 4.78 is 7.28. The van der Waals surface area contributed by atoms with E-state index in [1.165, 1.54) is 0 Å². The fourth-order valence-electron chi connectivity index (χ4n) is 3.26. The zero-order chi connectivity index (χ0) is 17.4. The molecule has 2 aromatic rings. The highest BCUT2D eigenvalue weighted by molar-refractivity contribution is 6.00. The third kappa shape index (κ3) is 2.85. The second-order valence-corrected chi connectivity index (χ2v) is 6.16. The second kappa shape index (κ2) is 6.21. The number of piperazine rings is 1. The minimum atomic E-state index is -0.217. The predicted molar refractivity (Wildman–Crippen MR) is 90.4 cm³/mol. The molecule has 3 heterocycles. The standard InChI is InChI=1S/C17H19N5O3/c1-21-6-5-19-16(21)13-9-18-4-7-22(13)17(24)11-2-3-14-12(8-11)20-15(23)10-25-14/h2-3,5-6,8,13,18H,4,7,9-10H2,1H3,(H,20,23). The van der Waals surface area contributed by atoms with E-state index < -0.39 is 0 Å². The van der Waals surface area contributed by atoms with Crippen molar-refractivity contribution >= 4 is 17.5 Å². The molecule has 0 bridgehead atoms. The van der Waals surface area contributed by atoms with Gasteiger partial charge >= 0.3 is 0 Å². The van der Waals surface area contributed by atoms with Gasteiger partial charge in [0, 0.05) is 44.6 Å². The van der Waals surface area contributed by atoms with E-state index in [2.05, 4.69) is 15.6 Å². The van der Waals surface area contributed by atoms with Gasteiger partial charge in [0.2, 0.25) is 0 Å². The van der Waals surface area contributed by atoms with Gasteiger partial charge in [-0.15, -0.1) is 0 Å². The lowest BCUT2D eigenvalue weighted by Crippen LogP contribution is -2.49. The zero-order valence-electron chi connectivity index (χ0n) is 13.9. The number of aryl methyl sites for hydroxylation is 1. The van der Waals surface area contributed by atoms with Crippen molar-refractivity contribution in [3.8, 4) is 5.75 Å². The van der Waals surface area contributed by atoms with Gasteiger partial charge in [-0.3, -0.25) is 9.59 Å². The van der Waals surface area contributed by atoms with Crippen LogP contribution in [-0.4, -0.2) is 52.5 Å². The van der Waals surface area contributed by atoms with E-state index in [9.17, 15) is 9.59 Å². The minimum absolute atomic E-state index is 0.000674. The third-order valence-corrected chi connectivity index (χ3v) is 4.52. The van der Waals surface area contributed by atoms with Crippen molar-refractivity contribution in [2.24, 2.45) is 7.05 Å². The van der Waals surface area contributed by atoms with E-state index in [0.29, 0.717) is 30.1 Å². The number of carbonyl (C=O) groups is 2. The number of benzene rings is 1. The Balaban J connectivity index is 1.64. The highest BCUT2D eigenvalue weighted by Crippen LogP contribution is 2.30. The van der Waals surface area contributed by atoms with Crippen molar-refractivity contribution in [2.45, 2.75) is 6.04 Å². The van der Waals surface area contributed by atoms with Crippen LogP contribution in [0.25, 0.3) is 0 Å². The van der Waals surface area contributed by atoms with Crippen LogP contribution in [0.1, 0.15) is 22.2 Å². The van der Waals surface area contributed by atoms with E-state index in [1.54, 1.807) is 24.4 Å². The Morgan fingerprint density at radius 1 is 1.40 bits per heavy atom. The van der Waals surface area contributed by atoms with Gasteiger partial charge in [-0.05, 0) is 18.2 Å². The first-order valence-corrected chi connectivity index (χ1v) is 8.19. The fourth-order valence-corrected chi connectivity index (χ4v) is 3.26. The number of imidazole rings is 1. The van der Waals surface area contributed by atoms with Gasteiger partial charge in [0.1, 0.15) is 17.6 Å². The van der Waals surface area contributed by atoms with E-state index in [0.717, 1.165) is 12.4 Å². The monoisotopic (exact) mass is 341 g/mol. The zero-order valence-corrected chi connectivity index (χ0v) is 13.9.